The maximum atomic E-state index is 14.0. The van der Waals surface area contributed by atoms with Gasteiger partial charge in [-0.3, -0.25) is 0 Å². The molecular formula is C11H9Cl2FO5S. The third-order valence-electron chi connectivity index (χ3n) is 2.65. The van der Waals surface area contributed by atoms with Gasteiger partial charge in [-0.05, 0) is 12.1 Å². The van der Waals surface area contributed by atoms with Crippen LogP contribution in [0.1, 0.15) is 16.8 Å². The summed E-state index contributed by atoms with van der Waals surface area (Å²) in [5, 5.41) is -0.139. The first kappa shape index (κ1) is 15.5. The first-order valence-corrected chi connectivity index (χ1v) is 8.20. The molecule has 1 unspecified atom stereocenters. The van der Waals surface area contributed by atoms with Crippen molar-refractivity contribution in [3.8, 4) is 0 Å². The molecule has 1 aliphatic rings. The van der Waals surface area contributed by atoms with E-state index in [1.54, 1.807) is 0 Å². The number of benzene rings is 1. The first-order valence-electron chi connectivity index (χ1n) is 5.51. The minimum atomic E-state index is -4.36. The van der Waals surface area contributed by atoms with Crippen LogP contribution in [0, 0.1) is 5.82 Å². The highest BCUT2D eigenvalue weighted by Gasteiger charge is 2.27. The van der Waals surface area contributed by atoms with Crippen LogP contribution in [0.3, 0.4) is 0 Å². The van der Waals surface area contributed by atoms with Gasteiger partial charge in [0.2, 0.25) is 0 Å². The van der Waals surface area contributed by atoms with Crippen LogP contribution in [0.2, 0.25) is 5.02 Å². The van der Waals surface area contributed by atoms with Crippen molar-refractivity contribution in [1.82, 2.24) is 0 Å². The molecule has 0 aromatic heterocycles. The van der Waals surface area contributed by atoms with E-state index in [9.17, 15) is 17.6 Å². The lowest BCUT2D eigenvalue weighted by atomic mass is 10.2. The second-order valence-corrected chi connectivity index (χ2v) is 7.07. The number of ether oxygens (including phenoxy) is 2. The SMILES string of the molecule is O=C(OC1CCOC1)c1cc(Cl)cc(S(=O)(=O)Cl)c1F. The summed E-state index contributed by atoms with van der Waals surface area (Å²) in [4.78, 5) is 11.0. The monoisotopic (exact) mass is 342 g/mol. The van der Waals surface area contributed by atoms with Gasteiger partial charge in [-0.25, -0.2) is 17.6 Å². The fraction of sp³-hybridized carbons (Fsp3) is 0.364. The van der Waals surface area contributed by atoms with Crippen molar-refractivity contribution in [3.63, 3.8) is 0 Å². The highest BCUT2D eigenvalue weighted by atomic mass is 35.7. The highest BCUT2D eigenvalue weighted by Crippen LogP contribution is 2.27. The van der Waals surface area contributed by atoms with Gasteiger partial charge in [-0.1, -0.05) is 11.6 Å². The Kier molecular flexibility index (Phi) is 4.53. The molecule has 0 radical (unpaired) electrons. The molecule has 1 aromatic rings. The number of carbonyl (C=O) groups excluding carboxylic acids is 1. The molecule has 1 aliphatic heterocycles. The van der Waals surface area contributed by atoms with Gasteiger partial charge in [0.1, 0.15) is 11.0 Å². The third kappa shape index (κ3) is 3.41. The lowest BCUT2D eigenvalue weighted by Gasteiger charge is -2.11. The van der Waals surface area contributed by atoms with Crippen LogP contribution in [0.15, 0.2) is 17.0 Å². The predicted molar refractivity (Wildman–Crippen MR) is 69.1 cm³/mol. The van der Waals surface area contributed by atoms with Crippen molar-refractivity contribution in [3.05, 3.63) is 28.5 Å². The van der Waals surface area contributed by atoms with Gasteiger partial charge in [-0.2, -0.15) is 0 Å². The zero-order valence-electron chi connectivity index (χ0n) is 9.94. The molecule has 5 nitrogen and oxygen atoms in total. The largest absolute Gasteiger partial charge is 0.456 e. The number of esters is 1. The number of halogens is 3. The summed E-state index contributed by atoms with van der Waals surface area (Å²) >= 11 is 5.67. The van der Waals surface area contributed by atoms with E-state index in [4.69, 9.17) is 31.8 Å². The Labute approximate surface area is 124 Å². The highest BCUT2D eigenvalue weighted by molar-refractivity contribution is 8.13. The Bertz CT molecular complexity index is 640. The van der Waals surface area contributed by atoms with Gasteiger partial charge in [0.25, 0.3) is 9.05 Å². The summed E-state index contributed by atoms with van der Waals surface area (Å²) in [6, 6.07) is 1.81. The van der Waals surface area contributed by atoms with Gasteiger partial charge in [-0.15, -0.1) is 0 Å². The molecule has 0 saturated carbocycles. The van der Waals surface area contributed by atoms with E-state index in [-0.39, 0.29) is 11.6 Å². The summed E-state index contributed by atoms with van der Waals surface area (Å²) in [5.41, 5.74) is -0.580. The number of hydrogen-bond acceptors (Lipinski definition) is 5. The predicted octanol–water partition coefficient (Wildman–Crippen LogP) is 2.35. The molecule has 1 atom stereocenters. The number of rotatable bonds is 3. The minimum absolute atomic E-state index is 0.139. The average molecular weight is 343 g/mol. The van der Waals surface area contributed by atoms with E-state index < -0.39 is 37.4 Å². The normalized spacial score (nSPS) is 19.1. The fourth-order valence-corrected chi connectivity index (χ4v) is 2.92. The summed E-state index contributed by atoms with van der Waals surface area (Å²) in [6.07, 6.45) is 0.00569. The zero-order valence-corrected chi connectivity index (χ0v) is 12.3. The Morgan fingerprint density at radius 3 is 2.70 bits per heavy atom. The van der Waals surface area contributed by atoms with Crippen molar-refractivity contribution < 1.29 is 27.1 Å². The fourth-order valence-electron chi connectivity index (χ4n) is 1.71. The molecule has 1 saturated heterocycles. The van der Waals surface area contributed by atoms with Gasteiger partial charge < -0.3 is 9.47 Å². The number of hydrogen-bond donors (Lipinski definition) is 0. The molecule has 1 fully saturated rings. The molecular weight excluding hydrogens is 334 g/mol. The Morgan fingerprint density at radius 2 is 2.15 bits per heavy atom. The summed E-state index contributed by atoms with van der Waals surface area (Å²) in [7, 11) is 0.725. The number of carbonyl (C=O) groups is 1. The molecule has 0 N–H and O–H groups in total. The molecule has 0 aliphatic carbocycles. The van der Waals surface area contributed by atoms with Gasteiger partial charge >= 0.3 is 5.97 Å². The van der Waals surface area contributed by atoms with Crippen LogP contribution < -0.4 is 0 Å². The zero-order chi connectivity index (χ0) is 14.9. The maximum absolute atomic E-state index is 14.0. The Hall–Kier alpha value is -0.890. The molecule has 20 heavy (non-hydrogen) atoms. The second kappa shape index (κ2) is 5.85. The van der Waals surface area contributed by atoms with Crippen LogP contribution in [0.4, 0.5) is 4.39 Å². The van der Waals surface area contributed by atoms with Crippen molar-refractivity contribution >= 4 is 37.3 Å². The first-order chi connectivity index (χ1) is 9.29. The van der Waals surface area contributed by atoms with Crippen LogP contribution in [-0.2, 0) is 18.5 Å². The standard InChI is InChI=1S/C11H9Cl2FO5S/c12-6-3-8(10(14)9(4-6)20(13,16)17)11(15)19-7-1-2-18-5-7/h3-4,7H,1-2,5H2. The van der Waals surface area contributed by atoms with Gasteiger partial charge in [0, 0.05) is 22.1 Å². The summed E-state index contributed by atoms with van der Waals surface area (Å²) < 4.78 is 46.5. The Morgan fingerprint density at radius 1 is 1.45 bits per heavy atom. The van der Waals surface area contributed by atoms with Crippen molar-refractivity contribution in [2.45, 2.75) is 17.4 Å². The van der Waals surface area contributed by atoms with E-state index in [0.717, 1.165) is 12.1 Å². The average Bonchev–Trinajstić information content (AvgIpc) is 2.83. The summed E-state index contributed by atoms with van der Waals surface area (Å²) in [5.74, 6) is -2.30. The lowest BCUT2D eigenvalue weighted by molar-refractivity contribution is 0.0265. The molecule has 0 spiro atoms. The lowest BCUT2D eigenvalue weighted by Crippen LogP contribution is -2.19. The second-order valence-electron chi connectivity index (χ2n) is 4.09. The van der Waals surface area contributed by atoms with Crippen LogP contribution in [0.25, 0.3) is 0 Å². The van der Waals surface area contributed by atoms with Crippen LogP contribution in [0.5, 0.6) is 0 Å². The summed E-state index contributed by atoms with van der Waals surface area (Å²) in [6.45, 7) is 0.659. The van der Waals surface area contributed by atoms with E-state index in [0.29, 0.717) is 13.0 Å². The van der Waals surface area contributed by atoms with E-state index in [1.807, 2.05) is 0 Å². The minimum Gasteiger partial charge on any atom is -0.456 e. The Balaban J connectivity index is 2.36. The third-order valence-corrected chi connectivity index (χ3v) is 4.19. The molecule has 1 heterocycles. The molecule has 0 bridgehead atoms. The van der Waals surface area contributed by atoms with Crippen molar-refractivity contribution in [2.75, 3.05) is 13.2 Å². The van der Waals surface area contributed by atoms with Crippen LogP contribution in [-0.4, -0.2) is 33.7 Å². The molecule has 2 rings (SSSR count). The topological polar surface area (TPSA) is 69.7 Å². The molecule has 110 valence electrons. The molecule has 1 aromatic carbocycles. The van der Waals surface area contributed by atoms with Crippen molar-refractivity contribution in [2.24, 2.45) is 0 Å². The van der Waals surface area contributed by atoms with Crippen molar-refractivity contribution in [1.29, 1.82) is 0 Å². The smallest absolute Gasteiger partial charge is 0.341 e. The van der Waals surface area contributed by atoms with E-state index >= 15 is 0 Å². The molecule has 9 heteroatoms. The van der Waals surface area contributed by atoms with E-state index in [2.05, 4.69) is 0 Å². The van der Waals surface area contributed by atoms with Crippen LogP contribution >= 0.6 is 22.3 Å². The molecule has 0 amide bonds. The van der Waals surface area contributed by atoms with Gasteiger partial charge in [0.15, 0.2) is 5.82 Å². The van der Waals surface area contributed by atoms with E-state index in [1.165, 1.54) is 0 Å². The maximum Gasteiger partial charge on any atom is 0.341 e. The quantitative estimate of drug-likeness (QED) is 0.622. The van der Waals surface area contributed by atoms with Gasteiger partial charge in [0.05, 0.1) is 18.8 Å².